The van der Waals surface area contributed by atoms with Gasteiger partial charge < -0.3 is 9.97 Å². The van der Waals surface area contributed by atoms with Gasteiger partial charge in [-0.25, -0.2) is 0 Å². The second-order valence-electron chi connectivity index (χ2n) is 4.50. The van der Waals surface area contributed by atoms with Gasteiger partial charge in [-0.2, -0.15) is 0 Å². The Morgan fingerprint density at radius 2 is 1.05 bits per heavy atom. The minimum Gasteiger partial charge on any atom is -0.354 e. The summed E-state index contributed by atoms with van der Waals surface area (Å²) in [4.78, 5) is 5.69. The van der Waals surface area contributed by atoms with E-state index >= 15 is 0 Å². The number of hydrogen-bond acceptors (Lipinski definition) is 0. The van der Waals surface area contributed by atoms with Gasteiger partial charge in [-0.1, -0.05) is 36.3 Å². The summed E-state index contributed by atoms with van der Waals surface area (Å²) in [5, 5.41) is 0.379. The van der Waals surface area contributed by atoms with Crippen LogP contribution >= 0.6 is 0 Å². The molecule has 5 rings (SSSR count). The van der Waals surface area contributed by atoms with Gasteiger partial charge in [0.15, 0.2) is 0 Å². The van der Waals surface area contributed by atoms with E-state index in [-0.39, 0.29) is 79.9 Å². The van der Waals surface area contributed by atoms with Gasteiger partial charge in [0.1, 0.15) is 0 Å². The second-order valence-corrected chi connectivity index (χ2v) is 4.50. The molecule has 0 aliphatic carbocycles. The lowest BCUT2D eigenvalue weighted by atomic mass is 10.1. The zero-order valence-corrected chi connectivity index (χ0v) is 10.0. The summed E-state index contributed by atoms with van der Waals surface area (Å²) in [5.74, 6) is 0. The van der Waals surface area contributed by atoms with Crippen molar-refractivity contribution in [3.8, 4) is 0 Å². The van der Waals surface area contributed by atoms with E-state index in [2.05, 4.69) is 9.97 Å². The molecule has 2 heteroatoms. The lowest BCUT2D eigenvalue weighted by Gasteiger charge is -1.94. The van der Waals surface area contributed by atoms with Crippen molar-refractivity contribution in [3.63, 3.8) is 0 Å². The molecule has 0 amide bonds. The van der Waals surface area contributed by atoms with Crippen molar-refractivity contribution >= 4 is 43.6 Å². The second kappa shape index (κ2) is 3.42. The van der Waals surface area contributed by atoms with E-state index in [1.54, 1.807) is 0 Å². The van der Waals surface area contributed by atoms with E-state index < -0.39 is 24.2 Å². The van der Waals surface area contributed by atoms with Crippen LogP contribution in [0.1, 0.15) is 13.7 Å². The van der Waals surface area contributed by atoms with Gasteiger partial charge in [0.2, 0.25) is 0 Å². The van der Waals surface area contributed by atoms with Crippen LogP contribution in [0.15, 0.2) is 60.4 Å². The van der Waals surface area contributed by atoms with Gasteiger partial charge in [0.25, 0.3) is 0 Å². The molecule has 2 heterocycles. The van der Waals surface area contributed by atoms with Crippen LogP contribution in [0.2, 0.25) is 0 Å². The highest BCUT2D eigenvalue weighted by atomic mass is 14.7. The third-order valence-corrected chi connectivity index (χ3v) is 3.38. The van der Waals surface area contributed by atoms with Crippen molar-refractivity contribution in [1.82, 2.24) is 9.97 Å². The Kier molecular flexibility index (Phi) is 0.799. The Bertz CT molecular complexity index is 1480. The first-order valence-electron chi connectivity index (χ1n) is 11.0. The molecule has 0 aliphatic rings. The highest BCUT2D eigenvalue weighted by molar-refractivity contribution is 6.17. The van der Waals surface area contributed by atoms with Gasteiger partial charge in [0.05, 0.1) is 13.7 Å². The number of nitrogens with one attached hydrogen (secondary N) is 2. The van der Waals surface area contributed by atoms with Crippen LogP contribution in [-0.2, 0) is 0 Å². The zero-order chi connectivity index (χ0) is 21.8. The first kappa shape index (κ1) is 4.67. The molecular weight excluding hydrogens is 244 g/mol. The fraction of sp³-hybridized carbons (Fsp3) is 0. The quantitative estimate of drug-likeness (QED) is 0.397. The molecule has 5 aromatic rings. The topological polar surface area (TPSA) is 31.6 Å². The van der Waals surface area contributed by atoms with Crippen molar-refractivity contribution in [2.45, 2.75) is 0 Å². The number of H-pyrrole nitrogens is 2. The van der Waals surface area contributed by atoms with E-state index in [0.29, 0.717) is 0 Å². The Morgan fingerprint density at radius 1 is 0.550 bits per heavy atom. The number of aromatic amines is 2. The standard InChI is InChI=1S/C18H12N2/c1-3-7-15-11(5-1)13-9-14-12-6-2-4-8-16(12)20-18(14)10-17(13)19-15/h1-10,19-20H/i1D,2D,3D,4D,5D,6D,7D,8D,9D,10D. The minimum atomic E-state index is -0.458. The van der Waals surface area contributed by atoms with Gasteiger partial charge in [-0.05, 0) is 24.2 Å². The minimum absolute atomic E-state index is 0.0755. The Morgan fingerprint density at radius 3 is 1.60 bits per heavy atom. The van der Waals surface area contributed by atoms with Gasteiger partial charge in [-0.3, -0.25) is 0 Å². The van der Waals surface area contributed by atoms with Crippen LogP contribution in [0.4, 0.5) is 0 Å². The summed E-state index contributed by atoms with van der Waals surface area (Å²) < 4.78 is 81.9. The van der Waals surface area contributed by atoms with Crippen LogP contribution in [0.5, 0.6) is 0 Å². The monoisotopic (exact) mass is 266 g/mol. The zero-order valence-electron chi connectivity index (χ0n) is 20.0. The maximum absolute atomic E-state index is 8.78. The van der Waals surface area contributed by atoms with Crippen LogP contribution in [0.25, 0.3) is 43.6 Å². The average Bonchev–Trinajstić information content (AvgIpc) is 3.32. The van der Waals surface area contributed by atoms with E-state index in [9.17, 15) is 0 Å². The highest BCUT2D eigenvalue weighted by Crippen LogP contribution is 2.32. The fourth-order valence-corrected chi connectivity index (χ4v) is 2.50. The SMILES string of the molecule is [2H]c1c([2H])c([2H])c2c([nH]c3c([2H])c4[nH]c5c([2H])c([2H])c([2H])c([2H])c5c4c([2H])c32)c1[2H]. The molecule has 0 fully saturated rings. The number of aromatic nitrogens is 2. The Hall–Kier alpha value is -2.74. The van der Waals surface area contributed by atoms with E-state index in [1.165, 1.54) is 0 Å². The van der Waals surface area contributed by atoms with Crippen LogP contribution in [0.3, 0.4) is 0 Å². The molecule has 20 heavy (non-hydrogen) atoms. The molecule has 3 aromatic carbocycles. The summed E-state index contributed by atoms with van der Waals surface area (Å²) in [7, 11) is 0. The summed E-state index contributed by atoms with van der Waals surface area (Å²) in [6.07, 6.45) is 0. The molecule has 2 aromatic heterocycles. The molecule has 2 nitrogen and oxygen atoms in total. The predicted octanol–water partition coefficient (Wildman–Crippen LogP) is 4.96. The number of benzene rings is 3. The molecular formula is C18H12N2. The molecule has 94 valence electrons. The Labute approximate surface area is 129 Å². The average molecular weight is 266 g/mol. The smallest absolute Gasteiger partial charge is 0.0667 e. The van der Waals surface area contributed by atoms with E-state index in [0.717, 1.165) is 0 Å². The van der Waals surface area contributed by atoms with Crippen LogP contribution < -0.4 is 0 Å². The van der Waals surface area contributed by atoms with Crippen LogP contribution in [-0.4, -0.2) is 9.97 Å². The van der Waals surface area contributed by atoms with E-state index in [4.69, 9.17) is 13.7 Å². The van der Waals surface area contributed by atoms with Crippen molar-refractivity contribution in [2.75, 3.05) is 0 Å². The normalized spacial score (nSPS) is 19.0. The van der Waals surface area contributed by atoms with Gasteiger partial charge in [0, 0.05) is 43.6 Å². The molecule has 0 spiro atoms. The molecule has 2 N–H and O–H groups in total. The predicted molar refractivity (Wildman–Crippen MR) is 85.2 cm³/mol. The third-order valence-electron chi connectivity index (χ3n) is 3.38. The van der Waals surface area contributed by atoms with Crippen molar-refractivity contribution in [2.24, 2.45) is 0 Å². The van der Waals surface area contributed by atoms with Crippen molar-refractivity contribution in [1.29, 1.82) is 0 Å². The third kappa shape index (κ3) is 1.18. The first-order valence-corrected chi connectivity index (χ1v) is 6.00. The first-order chi connectivity index (χ1) is 14.1. The summed E-state index contributed by atoms with van der Waals surface area (Å²) in [5.41, 5.74) is 0.432. The lowest BCUT2D eigenvalue weighted by molar-refractivity contribution is 1.52. The summed E-state index contributed by atoms with van der Waals surface area (Å²) in [6.45, 7) is 0. The molecule has 0 aliphatic heterocycles. The lowest BCUT2D eigenvalue weighted by Crippen LogP contribution is -1.70. The maximum atomic E-state index is 8.78. The number of fused-ring (bicyclic) bond motifs is 6. The number of para-hydroxylation sites is 2. The maximum Gasteiger partial charge on any atom is 0.0667 e. The van der Waals surface area contributed by atoms with Gasteiger partial charge in [-0.15, -0.1) is 0 Å². The summed E-state index contributed by atoms with van der Waals surface area (Å²) >= 11 is 0. The molecule has 0 saturated heterocycles. The number of hydrogen-bond donors (Lipinski definition) is 2. The molecule has 0 bridgehead atoms. The van der Waals surface area contributed by atoms with Gasteiger partial charge >= 0.3 is 0 Å². The molecule has 0 atom stereocenters. The highest BCUT2D eigenvalue weighted by Gasteiger charge is 2.08. The Balaban J connectivity index is 2.15. The molecule has 0 saturated carbocycles. The number of rotatable bonds is 0. The largest absolute Gasteiger partial charge is 0.354 e. The molecule has 0 unspecified atom stereocenters. The van der Waals surface area contributed by atoms with Crippen molar-refractivity contribution in [3.05, 3.63) is 60.4 Å². The fourth-order valence-electron chi connectivity index (χ4n) is 2.50. The van der Waals surface area contributed by atoms with E-state index in [1.807, 2.05) is 0 Å². The van der Waals surface area contributed by atoms with Crippen molar-refractivity contribution < 1.29 is 13.7 Å². The van der Waals surface area contributed by atoms with Crippen LogP contribution in [0, 0.1) is 0 Å². The molecule has 0 radical (unpaired) electrons. The summed E-state index contributed by atoms with van der Waals surface area (Å²) in [6, 6.07) is -3.38.